The third-order valence-corrected chi connectivity index (χ3v) is 8.64. The third-order valence-electron chi connectivity index (χ3n) is 7.26. The van der Waals surface area contributed by atoms with Gasteiger partial charge < -0.3 is 25.8 Å². The summed E-state index contributed by atoms with van der Waals surface area (Å²) in [6, 6.07) is 17.8. The van der Waals surface area contributed by atoms with Gasteiger partial charge in [0.1, 0.15) is 5.82 Å². The van der Waals surface area contributed by atoms with Gasteiger partial charge in [-0.2, -0.15) is 11.8 Å². The van der Waals surface area contributed by atoms with Gasteiger partial charge in [-0.15, -0.1) is 0 Å². The molecule has 1 fully saturated rings. The van der Waals surface area contributed by atoms with Crippen LogP contribution in [0.4, 0.5) is 10.1 Å². The first-order valence-electron chi connectivity index (χ1n) is 13.5. The lowest BCUT2D eigenvalue weighted by Gasteiger charge is -2.28. The summed E-state index contributed by atoms with van der Waals surface area (Å²) in [7, 11) is 1.67. The van der Waals surface area contributed by atoms with Crippen LogP contribution >= 0.6 is 11.8 Å². The highest BCUT2D eigenvalue weighted by Crippen LogP contribution is 2.44. The number of benzene rings is 3. The highest BCUT2D eigenvalue weighted by Gasteiger charge is 2.32. The van der Waals surface area contributed by atoms with Crippen molar-refractivity contribution in [3.8, 4) is 16.8 Å². The maximum Gasteiger partial charge on any atom is 0.251 e. The molecule has 1 aliphatic rings. The highest BCUT2D eigenvalue weighted by atomic mass is 32.2. The normalized spacial score (nSPS) is 13.5. The van der Waals surface area contributed by atoms with Crippen molar-refractivity contribution in [3.05, 3.63) is 83.3 Å². The van der Waals surface area contributed by atoms with Crippen LogP contribution in [-0.2, 0) is 10.2 Å². The summed E-state index contributed by atoms with van der Waals surface area (Å²) in [6.07, 6.45) is 3.82. The van der Waals surface area contributed by atoms with Crippen LogP contribution in [0.15, 0.2) is 60.7 Å². The lowest BCUT2D eigenvalue weighted by atomic mass is 9.84. The largest absolute Gasteiger partial charge is 0.398 e. The molecule has 0 bridgehead atoms. The van der Waals surface area contributed by atoms with Crippen molar-refractivity contribution in [3.63, 3.8) is 0 Å². The van der Waals surface area contributed by atoms with Crippen molar-refractivity contribution in [2.24, 2.45) is 0 Å². The number of carbonyl (C=O) groups is 1. The predicted octanol–water partition coefficient (Wildman–Crippen LogP) is 6.57. The second-order valence-electron chi connectivity index (χ2n) is 10.9. The van der Waals surface area contributed by atoms with Crippen molar-refractivity contribution >= 4 is 40.5 Å². The summed E-state index contributed by atoms with van der Waals surface area (Å²) in [5, 5.41) is 12.6. The van der Waals surface area contributed by atoms with Gasteiger partial charge in [0.25, 0.3) is 5.91 Å². The molecule has 0 radical (unpaired) electrons. The number of nitrogens with zero attached hydrogens (tertiary/aromatic N) is 1. The fraction of sp³-hybridized carbons (Fsp3) is 0.312. The Morgan fingerprint density at radius 3 is 2.50 bits per heavy atom. The van der Waals surface area contributed by atoms with Gasteiger partial charge in [0.05, 0.1) is 12.1 Å². The number of halogens is 1. The average molecular weight is 559 g/mol. The zero-order valence-corrected chi connectivity index (χ0v) is 23.9. The maximum atomic E-state index is 13.9. The molecule has 8 heteroatoms. The topological polar surface area (TPSA) is 93.1 Å². The number of rotatable bonds is 11. The molecule has 0 spiro atoms. The van der Waals surface area contributed by atoms with E-state index in [2.05, 4.69) is 23.7 Å². The molecule has 0 saturated heterocycles. The zero-order valence-electron chi connectivity index (χ0n) is 23.1. The molecule has 4 aromatic rings. The van der Waals surface area contributed by atoms with Crippen molar-refractivity contribution < 1.29 is 13.9 Å². The van der Waals surface area contributed by atoms with E-state index in [0.717, 1.165) is 44.4 Å². The number of ether oxygens (including phenoxy) is 1. The van der Waals surface area contributed by atoms with Gasteiger partial charge in [-0.05, 0) is 66.9 Å². The van der Waals surface area contributed by atoms with Crippen molar-refractivity contribution in [1.29, 1.82) is 5.41 Å². The molecule has 6 nitrogen and oxygen atoms in total. The molecule has 1 aliphatic carbocycles. The number of nitrogen functional groups attached to an aromatic ring is 1. The Morgan fingerprint density at radius 1 is 1.18 bits per heavy atom. The minimum Gasteiger partial charge on any atom is -0.398 e. The summed E-state index contributed by atoms with van der Waals surface area (Å²) < 4.78 is 21.7. The van der Waals surface area contributed by atoms with Gasteiger partial charge in [0.15, 0.2) is 0 Å². The maximum absolute atomic E-state index is 13.9. The lowest BCUT2D eigenvalue weighted by Crippen LogP contribution is -2.27. The number of fused-ring (bicyclic) bond motifs is 1. The molecular weight excluding hydrogens is 523 g/mol. The van der Waals surface area contributed by atoms with Crippen LogP contribution in [-0.4, -0.2) is 48.0 Å². The zero-order chi connectivity index (χ0) is 28.4. The number of thioether (sulfide) groups is 1. The molecule has 3 aromatic carbocycles. The van der Waals surface area contributed by atoms with Crippen molar-refractivity contribution in [2.45, 2.75) is 37.4 Å². The van der Waals surface area contributed by atoms with Crippen LogP contribution < -0.4 is 11.1 Å². The number of hydrogen-bond acceptors (Lipinski definition) is 5. The first-order chi connectivity index (χ1) is 19.2. The molecule has 0 unspecified atom stereocenters. The Balaban J connectivity index is 1.64. The molecule has 1 saturated carbocycles. The van der Waals surface area contributed by atoms with E-state index in [0.29, 0.717) is 30.0 Å². The molecule has 0 aliphatic heterocycles. The fourth-order valence-electron chi connectivity index (χ4n) is 5.23. The van der Waals surface area contributed by atoms with Crippen molar-refractivity contribution in [1.82, 2.24) is 9.88 Å². The van der Waals surface area contributed by atoms with Gasteiger partial charge in [0, 0.05) is 75.4 Å². The molecular formula is C32H35FN4O2S. The fourth-order valence-corrected chi connectivity index (χ4v) is 6.25. The summed E-state index contributed by atoms with van der Waals surface area (Å²) in [5.74, 6) is 0.521. The second kappa shape index (κ2) is 11.5. The standard InChI is InChI=1S/C32H35FN4O2S/c1-32(2,19-39-3)30-29(20-4-6-21(7-5-20)31(38)36-14-15-40-25-12-13-25)26-17-27(35)22(18-34)16-28(26)37(30)24-10-8-23(33)9-11-24/h4-11,16-18,25,34H,12-15,19,35H2,1-3H3,(H,36,38). The lowest BCUT2D eigenvalue weighted by molar-refractivity contribution is 0.0956. The van der Waals surface area contributed by atoms with Gasteiger partial charge >= 0.3 is 0 Å². The molecule has 208 valence electrons. The van der Waals surface area contributed by atoms with E-state index < -0.39 is 5.41 Å². The van der Waals surface area contributed by atoms with E-state index in [1.807, 2.05) is 48.2 Å². The van der Waals surface area contributed by atoms with E-state index in [-0.39, 0.29) is 11.7 Å². The molecule has 1 amide bonds. The quantitative estimate of drug-likeness (QED) is 0.110. The molecule has 40 heavy (non-hydrogen) atoms. The van der Waals surface area contributed by atoms with Crippen LogP contribution in [0.2, 0.25) is 0 Å². The predicted molar refractivity (Wildman–Crippen MR) is 164 cm³/mol. The summed E-state index contributed by atoms with van der Waals surface area (Å²) in [5.41, 5.74) is 12.1. The minimum absolute atomic E-state index is 0.0866. The van der Waals surface area contributed by atoms with Crippen LogP contribution in [0, 0.1) is 11.2 Å². The molecule has 5 rings (SSSR count). The van der Waals surface area contributed by atoms with E-state index >= 15 is 0 Å². The number of hydrogen-bond donors (Lipinski definition) is 3. The number of anilines is 1. The van der Waals surface area contributed by atoms with E-state index in [1.165, 1.54) is 31.2 Å². The van der Waals surface area contributed by atoms with E-state index in [1.54, 1.807) is 19.2 Å². The smallest absolute Gasteiger partial charge is 0.251 e. The number of nitrogens with one attached hydrogen (secondary N) is 2. The monoisotopic (exact) mass is 558 g/mol. The Labute approximate surface area is 238 Å². The van der Waals surface area contributed by atoms with Crippen LogP contribution in [0.1, 0.15) is 48.3 Å². The number of carbonyl (C=O) groups excluding carboxylic acids is 1. The van der Waals surface area contributed by atoms with E-state index in [9.17, 15) is 9.18 Å². The Hall–Kier alpha value is -3.62. The van der Waals surface area contributed by atoms with E-state index in [4.69, 9.17) is 15.9 Å². The summed E-state index contributed by atoms with van der Waals surface area (Å²) in [6.45, 7) is 5.30. The Morgan fingerprint density at radius 2 is 1.88 bits per heavy atom. The summed E-state index contributed by atoms with van der Waals surface area (Å²) >= 11 is 1.92. The molecule has 4 N–H and O–H groups in total. The van der Waals surface area contributed by atoms with Gasteiger partial charge in [-0.1, -0.05) is 26.0 Å². The van der Waals surface area contributed by atoms with Crippen molar-refractivity contribution in [2.75, 3.05) is 31.7 Å². The van der Waals surface area contributed by atoms with Crippen LogP contribution in [0.5, 0.6) is 0 Å². The first-order valence-corrected chi connectivity index (χ1v) is 14.5. The first kappa shape index (κ1) is 27.9. The number of amides is 1. The number of nitrogens with two attached hydrogens (primary N) is 1. The second-order valence-corrected chi connectivity index (χ2v) is 12.3. The number of methoxy groups -OCH3 is 1. The third kappa shape index (κ3) is 5.64. The SMILES string of the molecule is COCC(C)(C)c1c(-c2ccc(C(=O)NCCSC3CC3)cc2)c2cc(N)c(C=N)cc2n1-c1ccc(F)cc1. The van der Waals surface area contributed by atoms with Crippen LogP contribution in [0.3, 0.4) is 0 Å². The average Bonchev–Trinajstić information content (AvgIpc) is 3.71. The highest BCUT2D eigenvalue weighted by molar-refractivity contribution is 8.00. The van der Waals surface area contributed by atoms with Gasteiger partial charge in [0.2, 0.25) is 0 Å². The van der Waals surface area contributed by atoms with Gasteiger partial charge in [-0.3, -0.25) is 4.79 Å². The molecule has 1 heterocycles. The van der Waals surface area contributed by atoms with Crippen LogP contribution in [0.25, 0.3) is 27.7 Å². The number of aromatic nitrogens is 1. The Bertz CT molecular complexity index is 1540. The Kier molecular flexibility index (Phi) is 8.01. The molecule has 0 atom stereocenters. The minimum atomic E-state index is -0.466. The summed E-state index contributed by atoms with van der Waals surface area (Å²) in [4.78, 5) is 12.8. The van der Waals surface area contributed by atoms with Gasteiger partial charge in [-0.25, -0.2) is 4.39 Å². The molecule has 1 aromatic heterocycles.